The van der Waals surface area contributed by atoms with Gasteiger partial charge in [-0.25, -0.2) is 0 Å². The maximum Gasteiger partial charge on any atom is 0.292 e. The number of nitrogens with two attached hydrogens (primary N) is 1. The van der Waals surface area contributed by atoms with Crippen LogP contribution in [0, 0.1) is 16.0 Å². The van der Waals surface area contributed by atoms with E-state index in [9.17, 15) is 10.1 Å². The molecule has 0 aliphatic carbocycles. The standard InChI is InChI=1S/C13H19N3O3/c1-19-9-10-5-6-15(7-10)8-11-3-2-4-12(13(11)14)16(17)18/h2-4,10H,5-9,14H2,1H3. The number of hydrogen-bond acceptors (Lipinski definition) is 5. The fourth-order valence-electron chi connectivity index (χ4n) is 2.57. The number of para-hydroxylation sites is 1. The van der Waals surface area contributed by atoms with Gasteiger partial charge in [0.25, 0.3) is 5.69 Å². The average Bonchev–Trinajstić information content (AvgIpc) is 2.79. The van der Waals surface area contributed by atoms with Crippen LogP contribution in [0.4, 0.5) is 11.4 Å². The molecule has 1 aromatic rings. The van der Waals surface area contributed by atoms with Crippen LogP contribution in [-0.2, 0) is 11.3 Å². The van der Waals surface area contributed by atoms with Gasteiger partial charge in [-0.1, -0.05) is 12.1 Å². The van der Waals surface area contributed by atoms with E-state index in [1.54, 1.807) is 13.2 Å². The monoisotopic (exact) mass is 265 g/mol. The molecule has 0 bridgehead atoms. The minimum Gasteiger partial charge on any atom is -0.393 e. The first-order valence-electron chi connectivity index (χ1n) is 6.35. The van der Waals surface area contributed by atoms with Gasteiger partial charge in [-0.3, -0.25) is 15.0 Å². The third-order valence-electron chi connectivity index (χ3n) is 3.54. The van der Waals surface area contributed by atoms with E-state index < -0.39 is 4.92 Å². The van der Waals surface area contributed by atoms with Gasteiger partial charge < -0.3 is 10.5 Å². The summed E-state index contributed by atoms with van der Waals surface area (Å²) in [6.45, 7) is 3.36. The maximum absolute atomic E-state index is 10.8. The molecule has 1 fully saturated rings. The summed E-state index contributed by atoms with van der Waals surface area (Å²) in [5, 5.41) is 10.8. The SMILES string of the molecule is COCC1CCN(Cc2cccc([N+](=O)[O-])c2N)C1. The molecule has 1 atom stereocenters. The van der Waals surface area contributed by atoms with Gasteiger partial charge in [0.2, 0.25) is 0 Å². The first-order chi connectivity index (χ1) is 9.11. The van der Waals surface area contributed by atoms with Gasteiger partial charge >= 0.3 is 0 Å². The highest BCUT2D eigenvalue weighted by atomic mass is 16.6. The lowest BCUT2D eigenvalue weighted by Gasteiger charge is -2.17. The second kappa shape index (κ2) is 5.99. The Morgan fingerprint density at radius 2 is 2.37 bits per heavy atom. The average molecular weight is 265 g/mol. The van der Waals surface area contributed by atoms with E-state index in [0.29, 0.717) is 12.5 Å². The predicted octanol–water partition coefficient (Wildman–Crippen LogP) is 1.65. The smallest absolute Gasteiger partial charge is 0.292 e. The van der Waals surface area contributed by atoms with Crippen molar-refractivity contribution in [3.63, 3.8) is 0 Å². The number of benzene rings is 1. The van der Waals surface area contributed by atoms with E-state index in [1.807, 2.05) is 6.07 Å². The molecule has 6 heteroatoms. The van der Waals surface area contributed by atoms with Crippen LogP contribution >= 0.6 is 0 Å². The number of rotatable bonds is 5. The molecule has 19 heavy (non-hydrogen) atoms. The molecule has 1 heterocycles. The number of nitro groups is 1. The zero-order valence-corrected chi connectivity index (χ0v) is 11.0. The van der Waals surface area contributed by atoms with Gasteiger partial charge in [0.05, 0.1) is 11.5 Å². The first kappa shape index (κ1) is 13.8. The van der Waals surface area contributed by atoms with E-state index in [2.05, 4.69) is 4.90 Å². The highest BCUT2D eigenvalue weighted by molar-refractivity contribution is 5.62. The predicted molar refractivity (Wildman–Crippen MR) is 72.8 cm³/mol. The lowest BCUT2D eigenvalue weighted by Crippen LogP contribution is -2.22. The molecule has 104 valence electrons. The van der Waals surface area contributed by atoms with Crippen LogP contribution in [0.25, 0.3) is 0 Å². The topological polar surface area (TPSA) is 81.6 Å². The molecule has 0 radical (unpaired) electrons. The van der Waals surface area contributed by atoms with Crippen LogP contribution in [0.1, 0.15) is 12.0 Å². The van der Waals surface area contributed by atoms with E-state index >= 15 is 0 Å². The summed E-state index contributed by atoms with van der Waals surface area (Å²) in [5.41, 5.74) is 6.96. The third kappa shape index (κ3) is 3.21. The van der Waals surface area contributed by atoms with Gasteiger partial charge in [-0.15, -0.1) is 0 Å². The van der Waals surface area contributed by atoms with Gasteiger partial charge in [0.15, 0.2) is 0 Å². The van der Waals surface area contributed by atoms with Crippen LogP contribution in [0.5, 0.6) is 0 Å². The second-order valence-corrected chi connectivity index (χ2v) is 4.95. The zero-order valence-electron chi connectivity index (χ0n) is 11.0. The summed E-state index contributed by atoms with van der Waals surface area (Å²) in [6.07, 6.45) is 1.10. The number of nitrogen functional groups attached to an aromatic ring is 1. The molecule has 2 N–H and O–H groups in total. The summed E-state index contributed by atoms with van der Waals surface area (Å²) in [5.74, 6) is 0.546. The second-order valence-electron chi connectivity index (χ2n) is 4.95. The van der Waals surface area contributed by atoms with Crippen molar-refractivity contribution >= 4 is 11.4 Å². The highest BCUT2D eigenvalue weighted by Gasteiger charge is 2.24. The Morgan fingerprint density at radius 1 is 1.58 bits per heavy atom. The Kier molecular flexibility index (Phi) is 4.34. The molecule has 0 aromatic heterocycles. The van der Waals surface area contributed by atoms with Crippen molar-refractivity contribution in [2.75, 3.05) is 32.5 Å². The molecular formula is C13H19N3O3. The first-order valence-corrected chi connectivity index (χ1v) is 6.35. The van der Waals surface area contributed by atoms with Crippen LogP contribution in [0.3, 0.4) is 0 Å². The number of anilines is 1. The van der Waals surface area contributed by atoms with E-state index in [1.165, 1.54) is 6.07 Å². The van der Waals surface area contributed by atoms with Crippen LogP contribution < -0.4 is 5.73 Å². The lowest BCUT2D eigenvalue weighted by molar-refractivity contribution is -0.384. The number of ether oxygens (including phenoxy) is 1. The third-order valence-corrected chi connectivity index (χ3v) is 3.54. The normalized spacial score (nSPS) is 19.7. The highest BCUT2D eigenvalue weighted by Crippen LogP contribution is 2.27. The lowest BCUT2D eigenvalue weighted by atomic mass is 10.1. The maximum atomic E-state index is 10.8. The Hall–Kier alpha value is -1.66. The Labute approximate surface area is 112 Å². The van der Waals surface area contributed by atoms with Crippen molar-refractivity contribution < 1.29 is 9.66 Å². The van der Waals surface area contributed by atoms with Crippen molar-refractivity contribution in [2.24, 2.45) is 5.92 Å². The van der Waals surface area contributed by atoms with Gasteiger partial charge in [0, 0.05) is 26.3 Å². The molecule has 1 saturated heterocycles. The van der Waals surface area contributed by atoms with E-state index in [-0.39, 0.29) is 11.4 Å². The van der Waals surface area contributed by atoms with Crippen molar-refractivity contribution in [1.29, 1.82) is 0 Å². The number of nitrogens with zero attached hydrogens (tertiary/aromatic N) is 2. The molecule has 0 amide bonds. The zero-order chi connectivity index (χ0) is 13.8. The van der Waals surface area contributed by atoms with Crippen molar-refractivity contribution in [2.45, 2.75) is 13.0 Å². The summed E-state index contributed by atoms with van der Waals surface area (Å²) in [7, 11) is 1.71. The Morgan fingerprint density at radius 3 is 3.05 bits per heavy atom. The van der Waals surface area contributed by atoms with Gasteiger partial charge in [-0.05, 0) is 24.4 Å². The molecule has 1 aliphatic heterocycles. The summed E-state index contributed by atoms with van der Waals surface area (Å²) in [6, 6.07) is 4.98. The van der Waals surface area contributed by atoms with Crippen LogP contribution in [-0.4, -0.2) is 36.6 Å². The van der Waals surface area contributed by atoms with E-state index in [4.69, 9.17) is 10.5 Å². The fourth-order valence-corrected chi connectivity index (χ4v) is 2.57. The largest absolute Gasteiger partial charge is 0.393 e. The van der Waals surface area contributed by atoms with Crippen molar-refractivity contribution in [3.8, 4) is 0 Å². The summed E-state index contributed by atoms with van der Waals surface area (Å²) < 4.78 is 5.16. The van der Waals surface area contributed by atoms with Gasteiger partial charge in [0.1, 0.15) is 5.69 Å². The molecule has 2 rings (SSSR count). The molecule has 1 aliphatic rings. The number of nitro benzene ring substituents is 1. The van der Waals surface area contributed by atoms with E-state index in [0.717, 1.165) is 31.7 Å². The fraction of sp³-hybridized carbons (Fsp3) is 0.538. The number of likely N-dealkylation sites (tertiary alicyclic amines) is 1. The van der Waals surface area contributed by atoms with Gasteiger partial charge in [-0.2, -0.15) is 0 Å². The van der Waals surface area contributed by atoms with Crippen molar-refractivity contribution in [1.82, 2.24) is 4.90 Å². The number of hydrogen-bond donors (Lipinski definition) is 1. The molecular weight excluding hydrogens is 246 g/mol. The summed E-state index contributed by atoms with van der Waals surface area (Å²) in [4.78, 5) is 12.7. The molecule has 0 spiro atoms. The Bertz CT molecular complexity index is 464. The summed E-state index contributed by atoms with van der Waals surface area (Å²) >= 11 is 0. The van der Waals surface area contributed by atoms with Crippen LogP contribution in [0.15, 0.2) is 18.2 Å². The van der Waals surface area contributed by atoms with Crippen molar-refractivity contribution in [3.05, 3.63) is 33.9 Å². The minimum absolute atomic E-state index is 0.00913. The number of methoxy groups -OCH3 is 1. The minimum atomic E-state index is -0.434. The Balaban J connectivity index is 2.04. The molecule has 1 unspecified atom stereocenters. The quantitative estimate of drug-likeness (QED) is 0.497. The molecule has 0 saturated carbocycles. The molecule has 6 nitrogen and oxygen atoms in total. The molecule has 1 aromatic carbocycles. The van der Waals surface area contributed by atoms with Crippen LogP contribution in [0.2, 0.25) is 0 Å².